The molecule has 6 heavy (non-hydrogen) atoms. The van der Waals surface area contributed by atoms with Gasteiger partial charge in [0.2, 0.25) is 0 Å². The van der Waals surface area contributed by atoms with Gasteiger partial charge >= 0.3 is 5.43 Å². The molecule has 0 bridgehead atoms. The molecule has 4 nitrogen and oxygen atoms in total. The highest BCUT2D eigenvalue weighted by Crippen LogP contribution is 1.81. The Hall–Kier alpha value is -0.320. The van der Waals surface area contributed by atoms with Crippen molar-refractivity contribution >= 4 is 17.0 Å². The lowest BCUT2D eigenvalue weighted by atomic mass is 11.6. The first-order valence-corrected chi connectivity index (χ1v) is 1.31. The molecule has 0 saturated heterocycles. The van der Waals surface area contributed by atoms with Gasteiger partial charge in [0.15, 0.2) is 0 Å². The molecule has 36 valence electrons. The minimum atomic E-state index is -1.27. The van der Waals surface area contributed by atoms with E-state index < -0.39 is 5.43 Å². The number of hydrogen-bond donors (Lipinski definition) is 0. The van der Waals surface area contributed by atoms with Crippen LogP contribution in [-0.4, -0.2) is 5.43 Å². The molecular formula is CClO4-. The van der Waals surface area contributed by atoms with E-state index in [4.69, 9.17) is 5.26 Å². The van der Waals surface area contributed by atoms with Gasteiger partial charge in [-0.25, -0.2) is 9.83 Å². The second kappa shape index (κ2) is 2.89. The molecule has 0 aliphatic heterocycles. The maximum absolute atomic E-state index is 9.26. The number of carbonyl (C=O) groups is 1. The lowest BCUT2D eigenvalue weighted by molar-refractivity contribution is -0.784. The van der Waals surface area contributed by atoms with E-state index in [1.165, 1.54) is 0 Å². The van der Waals surface area contributed by atoms with E-state index in [-0.39, 0.29) is 0 Å². The molecule has 0 unspecified atom stereocenters. The van der Waals surface area contributed by atoms with Gasteiger partial charge in [0.1, 0.15) is 0 Å². The molecule has 0 aliphatic rings. The molecule has 0 aromatic carbocycles. The first-order valence-electron chi connectivity index (χ1n) is 0.931. The molecule has 5 heteroatoms. The van der Waals surface area contributed by atoms with Gasteiger partial charge in [-0.1, -0.05) is 0 Å². The third kappa shape index (κ3) is 3.68. The third-order valence-electron chi connectivity index (χ3n) is 0.0995. The van der Waals surface area contributed by atoms with Gasteiger partial charge in [0, 0.05) is 11.6 Å². The average molecular weight is 111 g/mol. The van der Waals surface area contributed by atoms with Crippen LogP contribution in [0, 0.1) is 0 Å². The minimum absolute atomic E-state index is 1.27. The van der Waals surface area contributed by atoms with E-state index >= 15 is 0 Å². The molecule has 0 atom stereocenters. The van der Waals surface area contributed by atoms with Crippen LogP contribution in [0.3, 0.4) is 0 Å². The predicted octanol–water partition coefficient (Wildman–Crippen LogP) is -0.431. The highest BCUT2D eigenvalue weighted by molar-refractivity contribution is 6.61. The molecule has 0 aromatic heterocycles. The van der Waals surface area contributed by atoms with Crippen LogP contribution in [-0.2, 0) is 9.93 Å². The zero-order chi connectivity index (χ0) is 4.99. The molecule has 0 heterocycles. The van der Waals surface area contributed by atoms with Gasteiger partial charge in [0.05, 0.1) is 0 Å². The molecule has 0 N–H and O–H groups in total. The number of carbonyl (C=O) groups excluding carboxylic acids is 1. The van der Waals surface area contributed by atoms with Gasteiger partial charge in [-0.05, 0) is 0 Å². The van der Waals surface area contributed by atoms with Crippen LogP contribution in [0.2, 0.25) is 0 Å². The summed E-state index contributed by atoms with van der Waals surface area (Å²) in [6, 6.07) is 0. The Morgan fingerprint density at radius 1 is 1.83 bits per heavy atom. The Morgan fingerprint density at radius 2 is 2.33 bits per heavy atom. The standard InChI is InChI=1S/CHClO4/c2-1(3)5-6-4/h4H/p-1. The third-order valence-corrected chi connectivity index (χ3v) is 0.163. The largest absolute Gasteiger partial charge is 0.681 e. The predicted molar refractivity (Wildman–Crippen MR) is 13.4 cm³/mol. The van der Waals surface area contributed by atoms with Gasteiger partial charge in [-0.15, -0.1) is 0 Å². The number of rotatable bonds is 1. The van der Waals surface area contributed by atoms with Crippen molar-refractivity contribution in [1.29, 1.82) is 0 Å². The fourth-order valence-electron chi connectivity index (χ4n) is 0.0267. The lowest BCUT2D eigenvalue weighted by Gasteiger charge is -1.97. The van der Waals surface area contributed by atoms with Crippen LogP contribution in [0.1, 0.15) is 0 Å². The molecule has 0 spiro atoms. The molecule has 0 saturated carbocycles. The van der Waals surface area contributed by atoms with Crippen LogP contribution in [0.4, 0.5) is 4.79 Å². The minimum Gasteiger partial charge on any atom is -0.681 e. The summed E-state index contributed by atoms with van der Waals surface area (Å²) >= 11 is 4.39. The van der Waals surface area contributed by atoms with E-state index in [2.05, 4.69) is 21.5 Å². The van der Waals surface area contributed by atoms with E-state index in [9.17, 15) is 4.79 Å². The SMILES string of the molecule is O=C(Cl)OO[O-]. The van der Waals surface area contributed by atoms with Crippen LogP contribution in [0.5, 0.6) is 0 Å². The van der Waals surface area contributed by atoms with Crippen molar-refractivity contribution in [3.8, 4) is 0 Å². The summed E-state index contributed by atoms with van der Waals surface area (Å²) < 4.78 is 0. The molecular weight excluding hydrogens is 111 g/mol. The van der Waals surface area contributed by atoms with Crippen molar-refractivity contribution in [2.24, 2.45) is 0 Å². The second-order valence-electron chi connectivity index (χ2n) is 0.389. The molecule has 0 amide bonds. The molecule has 0 aliphatic carbocycles. The van der Waals surface area contributed by atoms with Crippen molar-refractivity contribution in [3.05, 3.63) is 0 Å². The normalized spacial score (nSPS) is 7.67. The molecule has 0 aromatic rings. The molecule has 0 rings (SSSR count). The quantitative estimate of drug-likeness (QED) is 0.262. The highest BCUT2D eigenvalue weighted by Gasteiger charge is 1.86. The van der Waals surface area contributed by atoms with Crippen molar-refractivity contribution in [1.82, 2.24) is 0 Å². The van der Waals surface area contributed by atoms with E-state index in [1.807, 2.05) is 0 Å². The fourth-order valence-corrected chi connectivity index (χ4v) is 0.0525. The maximum Gasteiger partial charge on any atom is 0.434 e. The van der Waals surface area contributed by atoms with Gasteiger partial charge in [0.25, 0.3) is 0 Å². The first kappa shape index (κ1) is 5.68. The summed E-state index contributed by atoms with van der Waals surface area (Å²) in [5, 5.41) is 11.3. The summed E-state index contributed by atoms with van der Waals surface area (Å²) in [5.74, 6) is 0. The summed E-state index contributed by atoms with van der Waals surface area (Å²) in [4.78, 5) is 12.4. The smallest absolute Gasteiger partial charge is 0.434 e. The topological polar surface area (TPSA) is 58.6 Å². The summed E-state index contributed by atoms with van der Waals surface area (Å²) in [7, 11) is 0. The van der Waals surface area contributed by atoms with Crippen molar-refractivity contribution < 1.29 is 20.0 Å². The van der Waals surface area contributed by atoms with Crippen LogP contribution >= 0.6 is 11.6 Å². The Morgan fingerprint density at radius 3 is 2.33 bits per heavy atom. The van der Waals surface area contributed by atoms with Gasteiger partial charge in [-0.2, -0.15) is 0 Å². The van der Waals surface area contributed by atoms with E-state index in [0.717, 1.165) is 0 Å². The number of halogens is 1. The maximum atomic E-state index is 9.26. The van der Waals surface area contributed by atoms with Crippen molar-refractivity contribution in [3.63, 3.8) is 0 Å². The van der Waals surface area contributed by atoms with Crippen LogP contribution in [0.15, 0.2) is 0 Å². The average Bonchev–Trinajstić information content (AvgIpc) is 1.35. The van der Waals surface area contributed by atoms with Crippen molar-refractivity contribution in [2.75, 3.05) is 0 Å². The summed E-state index contributed by atoms with van der Waals surface area (Å²) in [5.41, 5.74) is -1.27. The number of hydrogen-bond acceptors (Lipinski definition) is 4. The summed E-state index contributed by atoms with van der Waals surface area (Å²) in [6.45, 7) is 0. The van der Waals surface area contributed by atoms with Crippen LogP contribution < -0.4 is 5.26 Å². The Labute approximate surface area is 38.1 Å². The fraction of sp³-hybridized carbons (Fsp3) is 0. The monoisotopic (exact) mass is 111 g/mol. The van der Waals surface area contributed by atoms with Gasteiger partial charge < -0.3 is 5.26 Å². The lowest BCUT2D eigenvalue weighted by Crippen LogP contribution is -2.06. The molecule has 0 fully saturated rings. The Kier molecular flexibility index (Phi) is 2.74. The summed E-state index contributed by atoms with van der Waals surface area (Å²) in [6.07, 6.45) is 0. The second-order valence-corrected chi connectivity index (χ2v) is 0.698. The van der Waals surface area contributed by atoms with Gasteiger partial charge in [-0.3, -0.25) is 4.89 Å². The first-order chi connectivity index (χ1) is 2.77. The Balaban J connectivity index is 2.83. The van der Waals surface area contributed by atoms with E-state index in [1.54, 1.807) is 0 Å². The van der Waals surface area contributed by atoms with Crippen LogP contribution in [0.25, 0.3) is 0 Å². The zero-order valence-electron chi connectivity index (χ0n) is 2.51. The zero-order valence-corrected chi connectivity index (χ0v) is 3.27. The highest BCUT2D eigenvalue weighted by atomic mass is 35.5. The Bertz CT molecular complexity index is 51.5. The molecule has 0 radical (unpaired) electrons. The van der Waals surface area contributed by atoms with Crippen molar-refractivity contribution in [2.45, 2.75) is 0 Å². The van der Waals surface area contributed by atoms with E-state index in [0.29, 0.717) is 0 Å².